The molecule has 1 heterocycles. The number of benzene rings is 1. The van der Waals surface area contributed by atoms with Gasteiger partial charge >= 0.3 is 11.9 Å². The maximum Gasteiger partial charge on any atom is 0.326 e. The van der Waals surface area contributed by atoms with E-state index in [0.717, 1.165) is 0 Å². The van der Waals surface area contributed by atoms with Crippen molar-refractivity contribution < 1.29 is 44.1 Å². The molecular formula is C24H33N5O9. The molecule has 1 aliphatic rings. The van der Waals surface area contributed by atoms with Crippen LogP contribution in [0.1, 0.15) is 44.1 Å². The molecule has 1 aliphatic heterocycles. The number of amides is 4. The van der Waals surface area contributed by atoms with Gasteiger partial charge in [-0.05, 0) is 43.4 Å². The fourth-order valence-electron chi connectivity index (χ4n) is 4.08. The van der Waals surface area contributed by atoms with Crippen molar-refractivity contribution in [3.63, 3.8) is 0 Å². The van der Waals surface area contributed by atoms with E-state index in [1.165, 1.54) is 29.2 Å². The molecule has 14 nitrogen and oxygen atoms in total. The second-order valence-electron chi connectivity index (χ2n) is 9.06. The van der Waals surface area contributed by atoms with Crippen LogP contribution in [0.4, 0.5) is 0 Å². The Morgan fingerprint density at radius 2 is 1.63 bits per heavy atom. The molecule has 1 aromatic carbocycles. The number of primary amides is 1. The van der Waals surface area contributed by atoms with Crippen LogP contribution in [0.15, 0.2) is 24.3 Å². The van der Waals surface area contributed by atoms with Crippen LogP contribution < -0.4 is 22.1 Å². The van der Waals surface area contributed by atoms with Gasteiger partial charge in [-0.25, -0.2) is 4.79 Å². The van der Waals surface area contributed by atoms with Gasteiger partial charge in [0.1, 0.15) is 23.9 Å². The summed E-state index contributed by atoms with van der Waals surface area (Å²) in [5.74, 6) is -5.34. The third-order valence-electron chi connectivity index (χ3n) is 6.13. The number of aliphatic carboxylic acids is 2. The third kappa shape index (κ3) is 9.03. The zero-order valence-corrected chi connectivity index (χ0v) is 20.7. The summed E-state index contributed by atoms with van der Waals surface area (Å²) in [6.07, 6.45) is -0.257. The standard InChI is InChI=1S/C24H33N5O9/c25-15(7-10-20(32)33)23(36)29-11-1-2-18(29)22(35)28-17(12-13-3-5-14(30)6-4-13)21(34)27-16(24(37)38)8-9-19(26)31/h3-6,15-18,30H,1-2,7-12,25H2,(H2,26,31)(H,27,34)(H,28,35)(H,32,33)(H,37,38). The van der Waals surface area contributed by atoms with Gasteiger partial charge in [-0.1, -0.05) is 12.1 Å². The smallest absolute Gasteiger partial charge is 0.326 e. The van der Waals surface area contributed by atoms with Crippen molar-refractivity contribution >= 4 is 35.6 Å². The Balaban J connectivity index is 2.19. The van der Waals surface area contributed by atoms with Crippen LogP contribution in [0.5, 0.6) is 5.75 Å². The number of likely N-dealkylation sites (tertiary alicyclic amines) is 1. The molecule has 0 bridgehead atoms. The summed E-state index contributed by atoms with van der Waals surface area (Å²) in [5, 5.41) is 32.7. The number of nitrogens with one attached hydrogen (secondary N) is 2. The number of rotatable bonds is 14. The molecule has 0 saturated carbocycles. The van der Waals surface area contributed by atoms with Gasteiger partial charge in [-0.3, -0.25) is 24.0 Å². The number of hydrogen-bond acceptors (Lipinski definition) is 8. The van der Waals surface area contributed by atoms with E-state index in [1.807, 2.05) is 0 Å². The maximum atomic E-state index is 13.2. The highest BCUT2D eigenvalue weighted by molar-refractivity contribution is 5.94. The summed E-state index contributed by atoms with van der Waals surface area (Å²) in [6.45, 7) is 0.223. The van der Waals surface area contributed by atoms with E-state index < -0.39 is 59.7 Å². The highest BCUT2D eigenvalue weighted by Crippen LogP contribution is 2.20. The predicted octanol–water partition coefficient (Wildman–Crippen LogP) is -1.56. The zero-order chi connectivity index (χ0) is 28.4. The number of carboxylic acids is 2. The van der Waals surface area contributed by atoms with Gasteiger partial charge in [0.05, 0.1) is 6.04 Å². The van der Waals surface area contributed by atoms with Gasteiger partial charge in [-0.2, -0.15) is 0 Å². The first-order chi connectivity index (χ1) is 17.9. The average molecular weight is 536 g/mol. The minimum absolute atomic E-state index is 0.0180. The number of carbonyl (C=O) groups is 6. The van der Waals surface area contributed by atoms with E-state index in [9.17, 15) is 39.0 Å². The van der Waals surface area contributed by atoms with Crippen LogP contribution in [-0.4, -0.2) is 86.5 Å². The number of nitrogens with two attached hydrogens (primary N) is 2. The van der Waals surface area contributed by atoms with Gasteiger partial charge in [0, 0.05) is 25.8 Å². The number of hydrogen-bond donors (Lipinski definition) is 7. The minimum atomic E-state index is -1.44. The summed E-state index contributed by atoms with van der Waals surface area (Å²) >= 11 is 0. The molecule has 0 spiro atoms. The van der Waals surface area contributed by atoms with Crippen molar-refractivity contribution in [2.24, 2.45) is 11.5 Å². The molecule has 4 atom stereocenters. The number of aromatic hydroxyl groups is 1. The summed E-state index contributed by atoms with van der Waals surface area (Å²) < 4.78 is 0. The van der Waals surface area contributed by atoms with Crippen molar-refractivity contribution in [3.05, 3.63) is 29.8 Å². The molecule has 4 amide bonds. The first-order valence-electron chi connectivity index (χ1n) is 12.1. The highest BCUT2D eigenvalue weighted by Gasteiger charge is 2.38. The van der Waals surface area contributed by atoms with Gasteiger partial charge in [-0.15, -0.1) is 0 Å². The predicted molar refractivity (Wildman–Crippen MR) is 131 cm³/mol. The van der Waals surface area contributed by atoms with Crippen molar-refractivity contribution in [3.8, 4) is 5.75 Å². The molecule has 14 heteroatoms. The largest absolute Gasteiger partial charge is 0.508 e. The van der Waals surface area contributed by atoms with Crippen molar-refractivity contribution in [1.82, 2.24) is 15.5 Å². The van der Waals surface area contributed by atoms with Crippen LogP contribution in [0.25, 0.3) is 0 Å². The summed E-state index contributed by atoms with van der Waals surface area (Å²) in [5.41, 5.74) is 11.5. The van der Waals surface area contributed by atoms with Crippen LogP contribution >= 0.6 is 0 Å². The lowest BCUT2D eigenvalue weighted by molar-refractivity contribution is -0.143. The normalized spacial score (nSPS) is 17.2. The van der Waals surface area contributed by atoms with Crippen LogP contribution in [0.2, 0.25) is 0 Å². The Labute approximate surface area is 218 Å². The van der Waals surface area contributed by atoms with Crippen LogP contribution in [0, 0.1) is 0 Å². The minimum Gasteiger partial charge on any atom is -0.508 e. The SMILES string of the molecule is NC(=O)CCC(NC(=O)C(Cc1ccc(O)cc1)NC(=O)C1CCCN1C(=O)C(N)CCC(=O)O)C(=O)O. The Kier molecular flexibility index (Phi) is 11.0. The van der Waals surface area contributed by atoms with Crippen LogP contribution in [-0.2, 0) is 35.2 Å². The summed E-state index contributed by atoms with van der Waals surface area (Å²) in [6, 6.07) is 1.04. The number of phenolic OH excluding ortho intramolecular Hbond substituents is 1. The maximum absolute atomic E-state index is 13.2. The Morgan fingerprint density at radius 1 is 0.974 bits per heavy atom. The van der Waals surface area contributed by atoms with Crippen LogP contribution in [0.3, 0.4) is 0 Å². The number of carbonyl (C=O) groups excluding carboxylic acids is 4. The number of phenols is 1. The molecule has 0 radical (unpaired) electrons. The van der Waals surface area contributed by atoms with E-state index in [4.69, 9.17) is 16.6 Å². The summed E-state index contributed by atoms with van der Waals surface area (Å²) in [4.78, 5) is 73.8. The van der Waals surface area contributed by atoms with Gasteiger partial charge in [0.2, 0.25) is 23.6 Å². The van der Waals surface area contributed by atoms with Gasteiger partial charge < -0.3 is 42.3 Å². The molecule has 38 heavy (non-hydrogen) atoms. The second kappa shape index (κ2) is 13.9. The van der Waals surface area contributed by atoms with Gasteiger partial charge in [0.15, 0.2) is 0 Å². The Hall–Kier alpha value is -4.20. The molecule has 2 rings (SSSR count). The first kappa shape index (κ1) is 30.0. The van der Waals surface area contributed by atoms with E-state index in [0.29, 0.717) is 12.0 Å². The van der Waals surface area contributed by atoms with Crippen molar-refractivity contribution in [2.75, 3.05) is 6.54 Å². The Morgan fingerprint density at radius 3 is 2.21 bits per heavy atom. The molecule has 9 N–H and O–H groups in total. The molecule has 0 aromatic heterocycles. The van der Waals surface area contributed by atoms with E-state index in [1.54, 1.807) is 0 Å². The Bertz CT molecular complexity index is 1050. The summed E-state index contributed by atoms with van der Waals surface area (Å²) in [7, 11) is 0. The first-order valence-corrected chi connectivity index (χ1v) is 12.1. The van der Waals surface area contributed by atoms with Crippen molar-refractivity contribution in [2.45, 2.75) is 69.1 Å². The molecule has 1 fully saturated rings. The fourth-order valence-corrected chi connectivity index (χ4v) is 4.08. The lowest BCUT2D eigenvalue weighted by atomic mass is 10.0. The molecule has 0 aliphatic carbocycles. The van der Waals surface area contributed by atoms with Gasteiger partial charge in [0.25, 0.3) is 0 Å². The topological polar surface area (TPSA) is 242 Å². The third-order valence-corrected chi connectivity index (χ3v) is 6.13. The highest BCUT2D eigenvalue weighted by atomic mass is 16.4. The average Bonchev–Trinajstić information content (AvgIpc) is 3.35. The molecular weight excluding hydrogens is 502 g/mol. The van der Waals surface area contributed by atoms with Crippen molar-refractivity contribution in [1.29, 1.82) is 0 Å². The quantitative estimate of drug-likeness (QED) is 0.144. The lowest BCUT2D eigenvalue weighted by Crippen LogP contribution is -2.57. The second-order valence-corrected chi connectivity index (χ2v) is 9.06. The van der Waals surface area contributed by atoms with E-state index >= 15 is 0 Å². The number of carboxylic acid groups (broad SMARTS) is 2. The fraction of sp³-hybridized carbons (Fsp3) is 0.500. The number of nitrogens with zero attached hydrogens (tertiary/aromatic N) is 1. The lowest BCUT2D eigenvalue weighted by Gasteiger charge is -2.28. The van der Waals surface area contributed by atoms with E-state index in [2.05, 4.69) is 10.6 Å². The molecule has 208 valence electrons. The zero-order valence-electron chi connectivity index (χ0n) is 20.7. The molecule has 4 unspecified atom stereocenters. The monoisotopic (exact) mass is 535 g/mol. The van der Waals surface area contributed by atoms with E-state index in [-0.39, 0.29) is 50.8 Å². The molecule has 1 aromatic rings. The molecule has 1 saturated heterocycles.